The van der Waals surface area contributed by atoms with Gasteiger partial charge in [0.1, 0.15) is 11.6 Å². The van der Waals surface area contributed by atoms with Gasteiger partial charge >= 0.3 is 0 Å². The highest BCUT2D eigenvalue weighted by Crippen LogP contribution is 2.65. The Balaban J connectivity index is 0.941. The quantitative estimate of drug-likeness (QED) is 0.153. The lowest BCUT2D eigenvalue weighted by atomic mass is 9.61. The molecule has 0 saturated heterocycles. The maximum atomic E-state index is 15.0. The molecule has 4 atom stereocenters. The fourth-order valence-electron chi connectivity index (χ4n) is 16.4. The van der Waals surface area contributed by atoms with Gasteiger partial charge in [0.15, 0.2) is 0 Å². The van der Waals surface area contributed by atoms with Gasteiger partial charge in [-0.25, -0.2) is 8.78 Å². The van der Waals surface area contributed by atoms with Gasteiger partial charge in [-0.2, -0.15) is 0 Å². The van der Waals surface area contributed by atoms with Crippen molar-refractivity contribution in [1.29, 1.82) is 0 Å². The van der Waals surface area contributed by atoms with Crippen molar-refractivity contribution >= 4 is 44.3 Å². The molecule has 0 amide bonds. The number of fused-ring (bicyclic) bond motifs is 14. The molecule has 378 valence electrons. The lowest BCUT2D eigenvalue weighted by molar-refractivity contribution is 0.195. The first-order chi connectivity index (χ1) is 37.5. The van der Waals surface area contributed by atoms with Gasteiger partial charge in [0, 0.05) is 33.6 Å². The minimum Gasteiger partial charge on any atom is -0.334 e. The van der Waals surface area contributed by atoms with Crippen LogP contribution in [0.1, 0.15) is 112 Å². The number of hydrogen-bond donors (Lipinski definition) is 0. The van der Waals surface area contributed by atoms with Crippen LogP contribution in [0.25, 0.3) is 54.9 Å². The molecule has 2 saturated carbocycles. The molecule has 0 aromatic heterocycles. The maximum Gasteiger partial charge on any atom is 0.125 e. The molecule has 10 aromatic carbocycles. The second kappa shape index (κ2) is 16.6. The van der Waals surface area contributed by atoms with Gasteiger partial charge < -0.3 is 9.80 Å². The predicted octanol–water partition coefficient (Wildman–Crippen LogP) is 19.5. The van der Waals surface area contributed by atoms with Crippen LogP contribution in [-0.4, -0.2) is 11.1 Å². The first-order valence-electron chi connectivity index (χ1n) is 28.1. The van der Waals surface area contributed by atoms with E-state index in [0.29, 0.717) is 0 Å². The van der Waals surface area contributed by atoms with Crippen molar-refractivity contribution in [3.8, 4) is 33.4 Å². The molecule has 2 aliphatic heterocycles. The van der Waals surface area contributed by atoms with Crippen molar-refractivity contribution in [3.63, 3.8) is 0 Å². The van der Waals surface area contributed by atoms with E-state index in [4.69, 9.17) is 0 Å². The third-order valence-corrected chi connectivity index (χ3v) is 20.5. The summed E-state index contributed by atoms with van der Waals surface area (Å²) in [5.41, 5.74) is 18.0. The number of halogens is 2. The molecular weight excluding hydrogens is 943 g/mol. The molecule has 0 bridgehead atoms. The summed E-state index contributed by atoms with van der Waals surface area (Å²) in [6.07, 6.45) is 8.93. The Hall–Kier alpha value is -7.82. The summed E-state index contributed by atoms with van der Waals surface area (Å²) < 4.78 is 30.0. The largest absolute Gasteiger partial charge is 0.334 e. The lowest BCUT2D eigenvalue weighted by Crippen LogP contribution is -2.54. The summed E-state index contributed by atoms with van der Waals surface area (Å²) in [5.74, 6) is -0.405. The normalized spacial score (nSPS) is 23.6. The van der Waals surface area contributed by atoms with E-state index in [0.717, 1.165) is 49.9 Å². The van der Waals surface area contributed by atoms with Crippen LogP contribution in [0.15, 0.2) is 206 Å². The standard InChI is InChI=1S/C73H62F2N2/c1-69-37-13-15-39-71(69,3)76(55-25-17-23-53(74)45-55)65-35-31-49(43-63(65)69)47-29-33-59-61(41-47)57-27-11-12-28-58(57)67-60-34-30-48(42-62(60)73(68(59)67,51-19-7-5-8-20-51)52-21-9-6-10-22-52)50-32-36-66-64(44-50)70(2)38-14-16-40-72(70,4)77(66)56-26-18-24-54(75)46-56/h5-12,17-36,41-46H,13-16,37-40H2,1-4H3. The second-order valence-electron chi connectivity index (χ2n) is 24.0. The van der Waals surface area contributed by atoms with E-state index in [9.17, 15) is 4.39 Å². The first kappa shape index (κ1) is 46.5. The number of nitrogens with zero attached hydrogens (tertiary/aromatic N) is 2. The van der Waals surface area contributed by atoms with Crippen LogP contribution < -0.4 is 9.80 Å². The van der Waals surface area contributed by atoms with Crippen LogP contribution in [0.4, 0.5) is 31.5 Å². The van der Waals surface area contributed by atoms with Gasteiger partial charge in [0.25, 0.3) is 0 Å². The maximum absolute atomic E-state index is 15.0. The van der Waals surface area contributed by atoms with E-state index in [1.165, 1.54) is 113 Å². The molecule has 2 heterocycles. The molecule has 77 heavy (non-hydrogen) atoms. The van der Waals surface area contributed by atoms with Crippen LogP contribution in [0.3, 0.4) is 0 Å². The molecule has 3 aliphatic carbocycles. The summed E-state index contributed by atoms with van der Waals surface area (Å²) in [6, 6.07) is 74.7. The zero-order chi connectivity index (χ0) is 52.1. The van der Waals surface area contributed by atoms with E-state index in [2.05, 4.69) is 207 Å². The fourth-order valence-corrected chi connectivity index (χ4v) is 16.4. The molecule has 0 radical (unpaired) electrons. The van der Waals surface area contributed by atoms with Crippen LogP contribution in [0.5, 0.6) is 0 Å². The zero-order valence-electron chi connectivity index (χ0n) is 44.4. The van der Waals surface area contributed by atoms with Crippen LogP contribution >= 0.6 is 0 Å². The summed E-state index contributed by atoms with van der Waals surface area (Å²) in [4.78, 5) is 4.92. The summed E-state index contributed by atoms with van der Waals surface area (Å²) in [6.45, 7) is 9.74. The Labute approximate surface area is 451 Å². The fraction of sp³-hybridized carbons (Fsp3) is 0.233. The summed E-state index contributed by atoms with van der Waals surface area (Å²) >= 11 is 0. The van der Waals surface area contributed by atoms with Crippen LogP contribution in [0, 0.1) is 11.6 Å². The molecule has 2 fully saturated rings. The molecule has 10 aromatic rings. The van der Waals surface area contributed by atoms with Crippen molar-refractivity contribution in [1.82, 2.24) is 0 Å². The average Bonchev–Trinajstić information content (AvgIpc) is 4.21. The number of benzene rings is 10. The highest BCUT2D eigenvalue weighted by Gasteiger charge is 2.59. The molecule has 2 nitrogen and oxygen atoms in total. The second-order valence-corrected chi connectivity index (χ2v) is 24.0. The van der Waals surface area contributed by atoms with Crippen LogP contribution in [-0.2, 0) is 16.2 Å². The number of hydrogen-bond acceptors (Lipinski definition) is 2. The monoisotopic (exact) mass is 1000 g/mol. The molecular formula is C73H62F2N2. The molecule has 4 unspecified atom stereocenters. The van der Waals surface area contributed by atoms with Gasteiger partial charge in [-0.15, -0.1) is 0 Å². The van der Waals surface area contributed by atoms with Gasteiger partial charge in [-0.3, -0.25) is 0 Å². The van der Waals surface area contributed by atoms with Crippen molar-refractivity contribution in [3.05, 3.63) is 251 Å². The summed E-state index contributed by atoms with van der Waals surface area (Å²) in [5, 5.41) is 4.98. The Morgan fingerprint density at radius 1 is 0.364 bits per heavy atom. The third kappa shape index (κ3) is 6.22. The number of anilines is 4. The van der Waals surface area contributed by atoms with Crippen molar-refractivity contribution in [2.24, 2.45) is 0 Å². The van der Waals surface area contributed by atoms with Crippen molar-refractivity contribution in [2.45, 2.75) is 106 Å². The predicted molar refractivity (Wildman–Crippen MR) is 315 cm³/mol. The molecule has 0 N–H and O–H groups in total. The van der Waals surface area contributed by atoms with Gasteiger partial charge in [-0.05, 0) is 201 Å². The zero-order valence-corrected chi connectivity index (χ0v) is 44.4. The SMILES string of the molecule is CC12CCCCC1(C)N(c1cccc(F)c1)c1ccc(-c3ccc4c(c3)C(c3ccccc3)(c3ccccc3)c3c-4c4ccccc4c4cc(-c5ccc6c(c5)C5(C)CCCCC5(C)N6c5cccc(F)c5)ccc34)cc12. The Morgan fingerprint density at radius 3 is 1.35 bits per heavy atom. The topological polar surface area (TPSA) is 6.48 Å². The van der Waals surface area contributed by atoms with Crippen LogP contribution in [0.2, 0.25) is 0 Å². The lowest BCUT2D eigenvalue weighted by Gasteiger charge is -2.50. The van der Waals surface area contributed by atoms with E-state index in [1.807, 2.05) is 12.1 Å². The van der Waals surface area contributed by atoms with E-state index in [1.54, 1.807) is 24.3 Å². The molecule has 15 rings (SSSR count). The van der Waals surface area contributed by atoms with Gasteiger partial charge in [0.2, 0.25) is 0 Å². The smallest absolute Gasteiger partial charge is 0.125 e. The van der Waals surface area contributed by atoms with E-state index >= 15 is 4.39 Å². The molecule has 0 spiro atoms. The Bertz CT molecular complexity index is 4030. The summed E-state index contributed by atoms with van der Waals surface area (Å²) in [7, 11) is 0. The van der Waals surface area contributed by atoms with Gasteiger partial charge in [0.05, 0.1) is 16.5 Å². The highest BCUT2D eigenvalue weighted by atomic mass is 19.1. The average molecular weight is 1010 g/mol. The minimum atomic E-state index is -0.667. The molecule has 5 aliphatic rings. The highest BCUT2D eigenvalue weighted by molar-refractivity contribution is 6.20. The Kier molecular flexibility index (Phi) is 10.0. The van der Waals surface area contributed by atoms with E-state index in [-0.39, 0.29) is 33.5 Å². The third-order valence-electron chi connectivity index (χ3n) is 20.5. The van der Waals surface area contributed by atoms with Crippen molar-refractivity contribution < 1.29 is 8.78 Å². The number of rotatable bonds is 6. The Morgan fingerprint density at radius 2 is 0.818 bits per heavy atom. The van der Waals surface area contributed by atoms with E-state index < -0.39 is 5.41 Å². The molecule has 4 heteroatoms. The first-order valence-corrected chi connectivity index (χ1v) is 28.1. The minimum absolute atomic E-state index is 0.111. The van der Waals surface area contributed by atoms with Gasteiger partial charge in [-0.1, -0.05) is 173 Å². The van der Waals surface area contributed by atoms with Crippen molar-refractivity contribution in [2.75, 3.05) is 9.80 Å².